The molecule has 1 aromatic heterocycles. The minimum absolute atomic E-state index is 0.0254. The molecule has 9 heteroatoms. The smallest absolute Gasteiger partial charge is 0.319 e. The summed E-state index contributed by atoms with van der Waals surface area (Å²) >= 11 is 0. The number of carbonyl (C=O) groups is 2. The Bertz CT molecular complexity index is 833. The van der Waals surface area contributed by atoms with E-state index in [2.05, 4.69) is 31.6 Å². The van der Waals surface area contributed by atoms with E-state index in [1.807, 2.05) is 32.0 Å². The molecule has 0 aliphatic carbocycles. The minimum Gasteiger partial charge on any atom is -0.358 e. The van der Waals surface area contributed by atoms with Crippen LogP contribution >= 0.6 is 0 Å². The molecule has 1 aliphatic heterocycles. The van der Waals surface area contributed by atoms with Crippen LogP contribution in [0.1, 0.15) is 29.3 Å². The van der Waals surface area contributed by atoms with Crippen LogP contribution in [-0.4, -0.2) is 46.6 Å². The van der Waals surface area contributed by atoms with Crippen molar-refractivity contribution in [1.29, 1.82) is 0 Å². The normalized spacial score (nSPS) is 18.9. The van der Waals surface area contributed by atoms with Crippen LogP contribution in [0.3, 0.4) is 0 Å². The second kappa shape index (κ2) is 8.17. The highest BCUT2D eigenvalue weighted by Crippen LogP contribution is 2.19. The molecule has 3 amide bonds. The first-order chi connectivity index (χ1) is 13.0. The van der Waals surface area contributed by atoms with E-state index in [1.54, 1.807) is 17.9 Å². The number of rotatable bonds is 5. The Labute approximate surface area is 157 Å². The number of nitrogens with one attached hydrogen (secondary N) is 4. The summed E-state index contributed by atoms with van der Waals surface area (Å²) in [5.74, 6) is -0.0254. The van der Waals surface area contributed by atoms with Crippen LogP contribution in [0.2, 0.25) is 0 Å². The Balaban J connectivity index is 1.52. The summed E-state index contributed by atoms with van der Waals surface area (Å²) in [5, 5.41) is 19.7. The summed E-state index contributed by atoms with van der Waals surface area (Å²) in [7, 11) is 1.62. The third-order valence-electron chi connectivity index (χ3n) is 4.67. The molecule has 1 saturated heterocycles. The van der Waals surface area contributed by atoms with Crippen molar-refractivity contribution in [2.24, 2.45) is 0 Å². The molecular weight excluding hydrogens is 346 g/mol. The van der Waals surface area contributed by atoms with Crippen LogP contribution in [-0.2, 0) is 11.3 Å². The number of aromatic nitrogens is 3. The summed E-state index contributed by atoms with van der Waals surface area (Å²) in [6.45, 7) is 4.85. The monoisotopic (exact) mass is 371 g/mol. The van der Waals surface area contributed by atoms with E-state index < -0.39 is 0 Å². The number of aryl methyl sites for hydroxylation is 2. The van der Waals surface area contributed by atoms with Crippen molar-refractivity contribution < 1.29 is 9.59 Å². The molecule has 0 bridgehead atoms. The van der Waals surface area contributed by atoms with Gasteiger partial charge in [-0.15, -0.1) is 5.10 Å². The molecule has 0 spiro atoms. The number of hydrogen-bond acceptors (Lipinski definition) is 5. The molecule has 1 aliphatic rings. The van der Waals surface area contributed by atoms with Crippen LogP contribution in [0.4, 0.5) is 10.5 Å². The van der Waals surface area contributed by atoms with Gasteiger partial charge in [0.2, 0.25) is 5.91 Å². The molecule has 0 unspecified atom stereocenters. The molecule has 9 nitrogen and oxygen atoms in total. The number of carbonyl (C=O) groups excluding carboxylic acids is 2. The van der Waals surface area contributed by atoms with Crippen molar-refractivity contribution >= 4 is 17.6 Å². The van der Waals surface area contributed by atoms with E-state index in [4.69, 9.17) is 0 Å². The molecule has 2 atom stereocenters. The number of benzene rings is 1. The van der Waals surface area contributed by atoms with Crippen molar-refractivity contribution in [3.63, 3.8) is 0 Å². The average molecular weight is 371 g/mol. The second-order valence-electron chi connectivity index (χ2n) is 6.78. The third kappa shape index (κ3) is 4.62. The Morgan fingerprint density at radius 2 is 2.15 bits per heavy atom. The van der Waals surface area contributed by atoms with Gasteiger partial charge in [0.1, 0.15) is 5.69 Å². The lowest BCUT2D eigenvalue weighted by molar-refractivity contribution is -0.122. The Kier molecular flexibility index (Phi) is 5.70. The van der Waals surface area contributed by atoms with Gasteiger partial charge in [0.25, 0.3) is 0 Å². The first-order valence-electron chi connectivity index (χ1n) is 8.94. The predicted molar refractivity (Wildman–Crippen MR) is 101 cm³/mol. The largest absolute Gasteiger partial charge is 0.358 e. The molecule has 2 heterocycles. The van der Waals surface area contributed by atoms with Gasteiger partial charge in [-0.2, -0.15) is 0 Å². The topological polar surface area (TPSA) is 113 Å². The fraction of sp³-hybridized carbons (Fsp3) is 0.444. The molecule has 0 radical (unpaired) electrons. The maximum absolute atomic E-state index is 12.1. The minimum atomic E-state index is -0.291. The highest BCUT2D eigenvalue weighted by Gasteiger charge is 2.30. The lowest BCUT2D eigenvalue weighted by Gasteiger charge is -2.10. The van der Waals surface area contributed by atoms with Crippen LogP contribution in [0, 0.1) is 13.8 Å². The number of urea groups is 1. The number of anilines is 1. The summed E-state index contributed by atoms with van der Waals surface area (Å²) < 4.78 is 1.75. The van der Waals surface area contributed by atoms with E-state index in [0.29, 0.717) is 18.7 Å². The van der Waals surface area contributed by atoms with Gasteiger partial charge in [0.15, 0.2) is 0 Å². The predicted octanol–water partition coefficient (Wildman–Crippen LogP) is 0.866. The van der Waals surface area contributed by atoms with Crippen LogP contribution in [0.5, 0.6) is 0 Å². The summed E-state index contributed by atoms with van der Waals surface area (Å²) in [6, 6.07) is 5.47. The molecule has 2 aromatic rings. The van der Waals surface area contributed by atoms with Crippen molar-refractivity contribution in [2.75, 3.05) is 18.9 Å². The zero-order chi connectivity index (χ0) is 19.4. The Morgan fingerprint density at radius 3 is 2.93 bits per heavy atom. The standard InChI is InChI=1S/C18H25N7O2/c1-11-4-5-12(2)15(6-11)22-18(27)21-8-13-10-25(24-23-13)14-7-16(20-9-14)17(26)19-3/h4-6,10,14,16,20H,7-9H2,1-3H3,(H,19,26)(H2,21,22,27)/t14-,16+/m1/s1. The van der Waals surface area contributed by atoms with Gasteiger partial charge in [0.05, 0.1) is 24.8 Å². The van der Waals surface area contributed by atoms with Gasteiger partial charge in [0, 0.05) is 19.3 Å². The van der Waals surface area contributed by atoms with Crippen molar-refractivity contribution in [1.82, 2.24) is 30.9 Å². The van der Waals surface area contributed by atoms with Gasteiger partial charge in [-0.25, -0.2) is 9.48 Å². The fourth-order valence-corrected chi connectivity index (χ4v) is 3.07. The SMILES string of the molecule is CNC(=O)[C@@H]1C[C@@H](n2cc(CNC(=O)Nc3cc(C)ccc3C)nn2)CN1. The Hall–Kier alpha value is -2.94. The van der Waals surface area contributed by atoms with Gasteiger partial charge >= 0.3 is 6.03 Å². The molecule has 144 valence electrons. The molecule has 3 rings (SSSR count). The zero-order valence-corrected chi connectivity index (χ0v) is 15.7. The lowest BCUT2D eigenvalue weighted by atomic mass is 10.1. The van der Waals surface area contributed by atoms with Crippen LogP contribution in [0.15, 0.2) is 24.4 Å². The molecule has 27 heavy (non-hydrogen) atoms. The van der Waals surface area contributed by atoms with Crippen LogP contribution < -0.4 is 21.3 Å². The number of amides is 3. The van der Waals surface area contributed by atoms with E-state index >= 15 is 0 Å². The van der Waals surface area contributed by atoms with Gasteiger partial charge < -0.3 is 21.3 Å². The van der Waals surface area contributed by atoms with Gasteiger partial charge in [-0.1, -0.05) is 17.3 Å². The third-order valence-corrected chi connectivity index (χ3v) is 4.67. The Morgan fingerprint density at radius 1 is 1.33 bits per heavy atom. The number of hydrogen-bond donors (Lipinski definition) is 4. The summed E-state index contributed by atoms with van der Waals surface area (Å²) in [4.78, 5) is 23.8. The maximum atomic E-state index is 12.1. The molecule has 1 fully saturated rings. The van der Waals surface area contributed by atoms with E-state index in [1.165, 1.54) is 0 Å². The second-order valence-corrected chi connectivity index (χ2v) is 6.78. The highest BCUT2D eigenvalue weighted by atomic mass is 16.2. The van der Waals surface area contributed by atoms with Gasteiger partial charge in [-0.3, -0.25) is 4.79 Å². The first-order valence-corrected chi connectivity index (χ1v) is 8.94. The van der Waals surface area contributed by atoms with Crippen molar-refractivity contribution in [2.45, 2.75) is 38.9 Å². The lowest BCUT2D eigenvalue weighted by Crippen LogP contribution is -2.38. The average Bonchev–Trinajstić information content (AvgIpc) is 3.31. The molecule has 1 aromatic carbocycles. The van der Waals surface area contributed by atoms with Crippen molar-refractivity contribution in [3.05, 3.63) is 41.2 Å². The summed E-state index contributed by atoms with van der Waals surface area (Å²) in [6.07, 6.45) is 2.46. The summed E-state index contributed by atoms with van der Waals surface area (Å²) in [5.41, 5.74) is 3.53. The highest BCUT2D eigenvalue weighted by molar-refractivity contribution is 5.90. The first kappa shape index (κ1) is 18.8. The van der Waals surface area contributed by atoms with E-state index in [0.717, 1.165) is 16.8 Å². The quantitative estimate of drug-likeness (QED) is 0.623. The molecule has 0 saturated carbocycles. The van der Waals surface area contributed by atoms with E-state index in [9.17, 15) is 9.59 Å². The van der Waals surface area contributed by atoms with Gasteiger partial charge in [-0.05, 0) is 37.5 Å². The zero-order valence-electron chi connectivity index (χ0n) is 15.7. The van der Waals surface area contributed by atoms with E-state index in [-0.39, 0.29) is 30.6 Å². The van der Waals surface area contributed by atoms with Crippen LogP contribution in [0.25, 0.3) is 0 Å². The number of likely N-dealkylation sites (N-methyl/N-ethyl adjacent to an activating group) is 1. The maximum Gasteiger partial charge on any atom is 0.319 e. The van der Waals surface area contributed by atoms with Crippen molar-refractivity contribution in [3.8, 4) is 0 Å². The number of nitrogens with zero attached hydrogens (tertiary/aromatic N) is 3. The fourth-order valence-electron chi connectivity index (χ4n) is 3.07. The molecule has 4 N–H and O–H groups in total. The molecular formula is C18H25N7O2.